The molecule has 1 aliphatic rings. The van der Waals surface area contributed by atoms with E-state index in [-0.39, 0.29) is 5.91 Å². The molecular weight excluding hydrogens is 240 g/mol. The molecule has 1 aliphatic heterocycles. The molecule has 1 fully saturated rings. The van der Waals surface area contributed by atoms with E-state index in [9.17, 15) is 4.79 Å². The number of rotatable bonds is 4. The van der Waals surface area contributed by atoms with Crippen LogP contribution < -0.4 is 10.6 Å². The Hall–Kier alpha value is -1.90. The molecule has 0 unspecified atom stereocenters. The van der Waals surface area contributed by atoms with Gasteiger partial charge >= 0.3 is 0 Å². The number of piperazine rings is 1. The standard InChI is InChI=1S/C14H18N4O/c15-11-12-3-1-2-4-13(12)17-14(19)5-8-18-9-6-16-7-10-18/h1-4,16H,5-10H2,(H,17,19). The van der Waals surface area contributed by atoms with Gasteiger partial charge in [0.25, 0.3) is 0 Å². The highest BCUT2D eigenvalue weighted by molar-refractivity contribution is 5.92. The number of benzene rings is 1. The van der Waals surface area contributed by atoms with Crippen LogP contribution in [0, 0.1) is 11.3 Å². The summed E-state index contributed by atoms with van der Waals surface area (Å²) in [4.78, 5) is 14.1. The van der Waals surface area contributed by atoms with E-state index in [0.717, 1.165) is 32.7 Å². The van der Waals surface area contributed by atoms with Crippen LogP contribution in [-0.2, 0) is 4.79 Å². The van der Waals surface area contributed by atoms with Crippen LogP contribution in [0.1, 0.15) is 12.0 Å². The van der Waals surface area contributed by atoms with Gasteiger partial charge in [-0.05, 0) is 12.1 Å². The monoisotopic (exact) mass is 258 g/mol. The number of nitriles is 1. The molecule has 0 radical (unpaired) electrons. The Morgan fingerprint density at radius 3 is 2.84 bits per heavy atom. The quantitative estimate of drug-likeness (QED) is 0.838. The highest BCUT2D eigenvalue weighted by Crippen LogP contribution is 2.13. The maximum Gasteiger partial charge on any atom is 0.225 e. The van der Waals surface area contributed by atoms with Crippen LogP contribution in [0.3, 0.4) is 0 Å². The number of nitrogens with zero attached hydrogens (tertiary/aromatic N) is 2. The summed E-state index contributed by atoms with van der Waals surface area (Å²) >= 11 is 0. The fourth-order valence-corrected chi connectivity index (χ4v) is 2.10. The maximum atomic E-state index is 11.9. The van der Waals surface area contributed by atoms with E-state index >= 15 is 0 Å². The van der Waals surface area contributed by atoms with E-state index in [4.69, 9.17) is 5.26 Å². The minimum Gasteiger partial charge on any atom is -0.325 e. The molecule has 5 heteroatoms. The number of carbonyl (C=O) groups excluding carboxylic acids is 1. The van der Waals surface area contributed by atoms with Gasteiger partial charge in [0.1, 0.15) is 6.07 Å². The number of carbonyl (C=O) groups is 1. The van der Waals surface area contributed by atoms with Gasteiger partial charge in [-0.15, -0.1) is 0 Å². The number of hydrogen-bond acceptors (Lipinski definition) is 4. The van der Waals surface area contributed by atoms with Crippen LogP contribution >= 0.6 is 0 Å². The smallest absolute Gasteiger partial charge is 0.225 e. The minimum absolute atomic E-state index is 0.0405. The Bertz CT molecular complexity index is 475. The lowest BCUT2D eigenvalue weighted by atomic mass is 10.2. The third-order valence-electron chi connectivity index (χ3n) is 3.19. The van der Waals surface area contributed by atoms with Crippen molar-refractivity contribution in [3.8, 4) is 6.07 Å². The summed E-state index contributed by atoms with van der Waals surface area (Å²) in [5, 5.41) is 15.0. The second-order valence-electron chi connectivity index (χ2n) is 4.55. The van der Waals surface area contributed by atoms with E-state index in [2.05, 4.69) is 21.6 Å². The Morgan fingerprint density at radius 2 is 2.11 bits per heavy atom. The molecule has 2 N–H and O–H groups in total. The van der Waals surface area contributed by atoms with Crippen LogP contribution in [0.25, 0.3) is 0 Å². The van der Waals surface area contributed by atoms with Crippen molar-refractivity contribution in [2.24, 2.45) is 0 Å². The molecule has 1 amide bonds. The second kappa shape index (κ2) is 6.88. The zero-order chi connectivity index (χ0) is 13.5. The predicted octanol–water partition coefficient (Wildman–Crippen LogP) is 0.792. The van der Waals surface area contributed by atoms with Crippen molar-refractivity contribution in [2.75, 3.05) is 38.0 Å². The minimum atomic E-state index is -0.0405. The zero-order valence-corrected chi connectivity index (χ0v) is 10.9. The summed E-state index contributed by atoms with van der Waals surface area (Å²) in [6, 6.07) is 9.12. The molecule has 0 aliphatic carbocycles. The molecule has 1 heterocycles. The molecule has 5 nitrogen and oxygen atoms in total. The van der Waals surface area contributed by atoms with Crippen LogP contribution in [0.2, 0.25) is 0 Å². The average molecular weight is 258 g/mol. The SMILES string of the molecule is N#Cc1ccccc1NC(=O)CCN1CCNCC1. The molecule has 0 saturated carbocycles. The molecule has 1 saturated heterocycles. The second-order valence-corrected chi connectivity index (χ2v) is 4.55. The summed E-state index contributed by atoms with van der Waals surface area (Å²) in [5.41, 5.74) is 1.09. The van der Waals surface area contributed by atoms with Crippen molar-refractivity contribution in [1.29, 1.82) is 5.26 Å². The van der Waals surface area contributed by atoms with Crippen LogP contribution in [-0.4, -0.2) is 43.5 Å². The highest BCUT2D eigenvalue weighted by atomic mass is 16.1. The highest BCUT2D eigenvalue weighted by Gasteiger charge is 2.12. The first-order valence-corrected chi connectivity index (χ1v) is 6.51. The molecule has 19 heavy (non-hydrogen) atoms. The normalized spacial score (nSPS) is 15.7. The third-order valence-corrected chi connectivity index (χ3v) is 3.19. The first-order valence-electron chi connectivity index (χ1n) is 6.51. The number of nitrogens with one attached hydrogen (secondary N) is 2. The molecule has 100 valence electrons. The predicted molar refractivity (Wildman–Crippen MR) is 73.7 cm³/mol. The van der Waals surface area contributed by atoms with Gasteiger partial charge < -0.3 is 15.5 Å². The largest absolute Gasteiger partial charge is 0.325 e. The van der Waals surface area contributed by atoms with Gasteiger partial charge in [0.2, 0.25) is 5.91 Å². The van der Waals surface area contributed by atoms with Gasteiger partial charge in [-0.25, -0.2) is 0 Å². The van der Waals surface area contributed by atoms with E-state index < -0.39 is 0 Å². The Balaban J connectivity index is 1.82. The lowest BCUT2D eigenvalue weighted by Crippen LogP contribution is -2.44. The topological polar surface area (TPSA) is 68.2 Å². The van der Waals surface area contributed by atoms with Crippen molar-refractivity contribution in [2.45, 2.75) is 6.42 Å². The number of amides is 1. The van der Waals surface area contributed by atoms with Gasteiger partial charge in [-0.3, -0.25) is 4.79 Å². The van der Waals surface area contributed by atoms with Gasteiger partial charge in [-0.2, -0.15) is 5.26 Å². The first kappa shape index (κ1) is 13.5. The van der Waals surface area contributed by atoms with Crippen molar-refractivity contribution < 1.29 is 4.79 Å². The van der Waals surface area contributed by atoms with Gasteiger partial charge in [-0.1, -0.05) is 12.1 Å². The molecule has 1 aromatic carbocycles. The zero-order valence-electron chi connectivity index (χ0n) is 10.9. The van der Waals surface area contributed by atoms with Crippen molar-refractivity contribution in [3.05, 3.63) is 29.8 Å². The van der Waals surface area contributed by atoms with Gasteiger partial charge in [0, 0.05) is 39.1 Å². The summed E-state index contributed by atoms with van der Waals surface area (Å²) in [6.07, 6.45) is 0.458. The molecule has 1 aromatic rings. The van der Waals surface area contributed by atoms with Crippen molar-refractivity contribution >= 4 is 11.6 Å². The lowest BCUT2D eigenvalue weighted by Gasteiger charge is -2.26. The Labute approximate surface area is 113 Å². The average Bonchev–Trinajstić information content (AvgIpc) is 2.47. The van der Waals surface area contributed by atoms with Crippen LogP contribution in [0.4, 0.5) is 5.69 Å². The fourth-order valence-electron chi connectivity index (χ4n) is 2.10. The molecule has 0 atom stereocenters. The van der Waals surface area contributed by atoms with Crippen LogP contribution in [0.5, 0.6) is 0 Å². The fraction of sp³-hybridized carbons (Fsp3) is 0.429. The summed E-state index contributed by atoms with van der Waals surface area (Å²) < 4.78 is 0. The van der Waals surface area contributed by atoms with E-state index in [0.29, 0.717) is 17.7 Å². The van der Waals surface area contributed by atoms with Gasteiger partial charge in [0.15, 0.2) is 0 Å². The Kier molecular flexibility index (Phi) is 4.90. The van der Waals surface area contributed by atoms with Crippen molar-refractivity contribution in [3.63, 3.8) is 0 Å². The lowest BCUT2D eigenvalue weighted by molar-refractivity contribution is -0.116. The first-order chi connectivity index (χ1) is 9.29. The number of para-hydroxylation sites is 1. The van der Waals surface area contributed by atoms with Crippen LogP contribution in [0.15, 0.2) is 24.3 Å². The van der Waals surface area contributed by atoms with E-state index in [1.807, 2.05) is 6.07 Å². The molecular formula is C14H18N4O. The molecule has 0 spiro atoms. The molecule has 0 aromatic heterocycles. The van der Waals surface area contributed by atoms with Gasteiger partial charge in [0.05, 0.1) is 11.3 Å². The maximum absolute atomic E-state index is 11.9. The summed E-state index contributed by atoms with van der Waals surface area (Å²) in [7, 11) is 0. The number of anilines is 1. The number of hydrogen-bond donors (Lipinski definition) is 2. The summed E-state index contributed by atoms with van der Waals surface area (Å²) in [5.74, 6) is -0.0405. The molecule has 0 bridgehead atoms. The van der Waals surface area contributed by atoms with E-state index in [1.54, 1.807) is 18.2 Å². The van der Waals surface area contributed by atoms with E-state index in [1.165, 1.54) is 0 Å². The molecule has 2 rings (SSSR count). The Morgan fingerprint density at radius 1 is 1.37 bits per heavy atom. The van der Waals surface area contributed by atoms with Crippen molar-refractivity contribution in [1.82, 2.24) is 10.2 Å². The summed E-state index contributed by atoms with van der Waals surface area (Å²) in [6.45, 7) is 4.71. The third kappa shape index (κ3) is 4.05.